The Bertz CT molecular complexity index is 323. The number of aliphatic hydroxyl groups is 1. The van der Waals surface area contributed by atoms with Gasteiger partial charge < -0.3 is 5.11 Å². The lowest BCUT2D eigenvalue weighted by molar-refractivity contribution is 0.253. The predicted molar refractivity (Wildman–Crippen MR) is 78.3 cm³/mol. The third-order valence-corrected chi connectivity index (χ3v) is 9.78. The van der Waals surface area contributed by atoms with E-state index >= 15 is 0 Å². The summed E-state index contributed by atoms with van der Waals surface area (Å²) in [4.78, 5) is 0. The Morgan fingerprint density at radius 3 is 1.47 bits per heavy atom. The van der Waals surface area contributed by atoms with Gasteiger partial charge in [0.15, 0.2) is 0 Å². The van der Waals surface area contributed by atoms with E-state index in [1.54, 1.807) is 6.92 Å². The van der Waals surface area contributed by atoms with Gasteiger partial charge in [0, 0.05) is 0 Å². The first-order chi connectivity index (χ1) is 7.75. The van der Waals surface area contributed by atoms with E-state index in [2.05, 4.69) is 64.8 Å². The molecule has 1 atom stereocenters. The summed E-state index contributed by atoms with van der Waals surface area (Å²) in [5.74, 6) is 8.46. The molecule has 0 aromatic carbocycles. The van der Waals surface area contributed by atoms with Crippen molar-refractivity contribution in [2.75, 3.05) is 0 Å². The fourth-order valence-electron chi connectivity index (χ4n) is 2.71. The summed E-state index contributed by atoms with van der Waals surface area (Å²) >= 11 is 0. The van der Waals surface area contributed by atoms with Crippen LogP contribution in [-0.4, -0.2) is 19.3 Å². The Kier molecular flexibility index (Phi) is 6.61. The van der Waals surface area contributed by atoms with Gasteiger partial charge in [0.1, 0.15) is 14.2 Å². The molecule has 1 nitrogen and oxygen atoms in total. The molecule has 0 aliphatic carbocycles. The topological polar surface area (TPSA) is 20.2 Å². The van der Waals surface area contributed by atoms with E-state index in [9.17, 15) is 0 Å². The van der Waals surface area contributed by atoms with Crippen LogP contribution in [0.3, 0.4) is 0 Å². The van der Waals surface area contributed by atoms with Crippen molar-refractivity contribution in [3.63, 3.8) is 0 Å². The van der Waals surface area contributed by atoms with Gasteiger partial charge in [-0.25, -0.2) is 0 Å². The Morgan fingerprint density at radius 2 is 1.18 bits per heavy atom. The maximum Gasteiger partial charge on any atom is 0.147 e. The minimum atomic E-state index is -1.64. The number of aliphatic hydroxyl groups excluding tert-OH is 1. The van der Waals surface area contributed by atoms with Crippen LogP contribution in [-0.2, 0) is 0 Å². The van der Waals surface area contributed by atoms with Gasteiger partial charge >= 0.3 is 0 Å². The van der Waals surface area contributed by atoms with Gasteiger partial charge in [-0.15, -0.1) is 5.54 Å². The van der Waals surface area contributed by atoms with Crippen molar-refractivity contribution in [2.24, 2.45) is 0 Å². The van der Waals surface area contributed by atoms with Crippen molar-refractivity contribution < 1.29 is 5.11 Å². The van der Waals surface area contributed by atoms with E-state index in [0.717, 1.165) is 0 Å². The summed E-state index contributed by atoms with van der Waals surface area (Å²) in [5, 5.41) is 9.08. The first-order valence-corrected chi connectivity index (χ1v) is 8.69. The number of rotatable bonds is 3. The molecule has 0 radical (unpaired) electrons. The van der Waals surface area contributed by atoms with Gasteiger partial charge in [0.05, 0.1) is 0 Å². The summed E-state index contributed by atoms with van der Waals surface area (Å²) in [5.41, 5.74) is 5.38. The molecule has 0 rings (SSSR count). The minimum absolute atomic E-state index is 0.586. The average Bonchev–Trinajstić information content (AvgIpc) is 2.15. The lowest BCUT2D eigenvalue weighted by Crippen LogP contribution is -2.43. The molecule has 0 unspecified atom stereocenters. The Balaban J connectivity index is 5.29. The molecule has 0 aliphatic rings. The minimum Gasteiger partial charge on any atom is -0.381 e. The largest absolute Gasteiger partial charge is 0.381 e. The molecule has 0 heterocycles. The lowest BCUT2D eigenvalue weighted by atomic mass is 10.4. The van der Waals surface area contributed by atoms with Crippen molar-refractivity contribution in [1.29, 1.82) is 0 Å². The number of hydrogen-bond acceptors (Lipinski definition) is 1. The van der Waals surface area contributed by atoms with E-state index in [1.165, 1.54) is 0 Å². The van der Waals surface area contributed by atoms with Crippen LogP contribution < -0.4 is 0 Å². The molecule has 0 amide bonds. The first-order valence-electron chi connectivity index (χ1n) is 6.45. The van der Waals surface area contributed by atoms with E-state index in [-0.39, 0.29) is 0 Å². The average molecular weight is 250 g/mol. The van der Waals surface area contributed by atoms with Gasteiger partial charge in [0.25, 0.3) is 0 Å². The summed E-state index contributed by atoms with van der Waals surface area (Å²) in [7, 11) is -1.64. The van der Waals surface area contributed by atoms with Crippen LogP contribution in [0.15, 0.2) is 0 Å². The molecule has 0 aromatic rings. The molecule has 0 bridgehead atoms. The highest BCUT2D eigenvalue weighted by atomic mass is 28.3. The van der Waals surface area contributed by atoms with Gasteiger partial charge in [-0.2, -0.15) is 0 Å². The second kappa shape index (κ2) is 6.89. The zero-order chi connectivity index (χ0) is 13.6. The second-order valence-electron chi connectivity index (χ2n) is 5.59. The van der Waals surface area contributed by atoms with Crippen LogP contribution in [0.1, 0.15) is 48.5 Å². The van der Waals surface area contributed by atoms with Gasteiger partial charge in [-0.3, -0.25) is 0 Å². The fourth-order valence-corrected chi connectivity index (χ4v) is 7.86. The molecular formula is C15H26OSi. The normalized spacial score (nSPS) is 13.1. The highest BCUT2D eigenvalue weighted by Crippen LogP contribution is 2.40. The van der Waals surface area contributed by atoms with E-state index in [1.807, 2.05) is 0 Å². The highest BCUT2D eigenvalue weighted by Gasteiger charge is 2.41. The molecule has 0 fully saturated rings. The van der Waals surface area contributed by atoms with Gasteiger partial charge in [0.2, 0.25) is 0 Å². The number of hydrogen-bond donors (Lipinski definition) is 1. The van der Waals surface area contributed by atoms with Crippen LogP contribution in [0, 0.1) is 23.3 Å². The summed E-state index contributed by atoms with van der Waals surface area (Å²) < 4.78 is 0. The third-order valence-electron chi connectivity index (χ3n) is 3.49. The van der Waals surface area contributed by atoms with Crippen molar-refractivity contribution in [3.05, 3.63) is 0 Å². The smallest absolute Gasteiger partial charge is 0.147 e. The zero-order valence-electron chi connectivity index (χ0n) is 12.3. The molecule has 17 heavy (non-hydrogen) atoms. The van der Waals surface area contributed by atoms with Crippen molar-refractivity contribution in [1.82, 2.24) is 0 Å². The molecule has 0 aromatic heterocycles. The van der Waals surface area contributed by atoms with Crippen LogP contribution >= 0.6 is 0 Å². The Hall–Kier alpha value is -0.703. The van der Waals surface area contributed by atoms with Crippen LogP contribution in [0.2, 0.25) is 16.6 Å². The fraction of sp³-hybridized carbons (Fsp3) is 0.733. The molecular weight excluding hydrogens is 224 g/mol. The van der Waals surface area contributed by atoms with E-state index in [4.69, 9.17) is 5.11 Å². The third kappa shape index (κ3) is 4.23. The predicted octanol–water partition coefficient (Wildman–Crippen LogP) is 3.59. The van der Waals surface area contributed by atoms with Crippen LogP contribution in [0.4, 0.5) is 0 Å². The maximum atomic E-state index is 9.08. The molecule has 0 aliphatic heterocycles. The molecule has 96 valence electrons. The van der Waals surface area contributed by atoms with Crippen LogP contribution in [0.25, 0.3) is 0 Å². The lowest BCUT2D eigenvalue weighted by Gasteiger charge is -2.37. The molecule has 0 saturated heterocycles. The molecule has 0 saturated carbocycles. The monoisotopic (exact) mass is 250 g/mol. The maximum absolute atomic E-state index is 9.08. The SMILES string of the molecule is CC(C)[Si](C#CC#C[C@@H](C)O)(C(C)C)C(C)C. The van der Waals surface area contributed by atoms with E-state index in [0.29, 0.717) is 16.6 Å². The zero-order valence-corrected chi connectivity index (χ0v) is 13.3. The van der Waals surface area contributed by atoms with Gasteiger partial charge in [-0.05, 0) is 35.4 Å². The highest BCUT2D eigenvalue weighted by molar-refractivity contribution is 6.90. The van der Waals surface area contributed by atoms with Crippen LogP contribution in [0.5, 0.6) is 0 Å². The quantitative estimate of drug-likeness (QED) is 0.599. The Morgan fingerprint density at radius 1 is 0.765 bits per heavy atom. The summed E-state index contributed by atoms with van der Waals surface area (Å²) in [6.07, 6.45) is -0.586. The standard InChI is InChI=1S/C15H26OSi/c1-12(2)17(13(3)4,14(5)6)11-9-8-10-15(7)16/h12-16H,1-7H3/t15-/m1/s1. The molecule has 1 N–H and O–H groups in total. The first kappa shape index (κ1) is 16.3. The summed E-state index contributed by atoms with van der Waals surface area (Å²) in [6, 6.07) is 0. The molecule has 0 spiro atoms. The van der Waals surface area contributed by atoms with E-state index < -0.39 is 14.2 Å². The Labute approximate surface area is 108 Å². The molecule has 2 heteroatoms. The van der Waals surface area contributed by atoms with Gasteiger partial charge in [-0.1, -0.05) is 47.5 Å². The summed E-state index contributed by atoms with van der Waals surface area (Å²) in [6.45, 7) is 15.3. The van der Waals surface area contributed by atoms with Crippen molar-refractivity contribution in [3.8, 4) is 23.3 Å². The van der Waals surface area contributed by atoms with Crippen molar-refractivity contribution >= 4 is 8.07 Å². The second-order valence-corrected chi connectivity index (χ2v) is 11.2. The van der Waals surface area contributed by atoms with Crippen molar-refractivity contribution in [2.45, 2.75) is 71.2 Å².